The maximum atomic E-state index is 10.7. The lowest BCUT2D eigenvalue weighted by atomic mass is 10.00. The summed E-state index contributed by atoms with van der Waals surface area (Å²) in [4.78, 5) is 13.0. The van der Waals surface area contributed by atoms with Gasteiger partial charge in [0, 0.05) is 43.9 Å². The topological polar surface area (TPSA) is 105 Å². The van der Waals surface area contributed by atoms with Gasteiger partial charge in [-0.15, -0.1) is 24.0 Å². The molecule has 0 aliphatic carbocycles. The molecule has 156 valence electrons. The molecule has 0 spiro atoms. The summed E-state index contributed by atoms with van der Waals surface area (Å²) >= 11 is 0. The first-order chi connectivity index (χ1) is 13.5. The monoisotopic (exact) mass is 510 g/mol. The van der Waals surface area contributed by atoms with Crippen LogP contribution in [0.25, 0.3) is 5.82 Å². The zero-order chi connectivity index (χ0) is 20.0. The van der Waals surface area contributed by atoms with Crippen molar-refractivity contribution in [1.29, 1.82) is 0 Å². The third kappa shape index (κ3) is 6.26. The molecule has 9 nitrogen and oxygen atoms in total. The van der Waals surface area contributed by atoms with E-state index >= 15 is 0 Å². The molecule has 0 aliphatic heterocycles. The van der Waals surface area contributed by atoms with Gasteiger partial charge in [-0.1, -0.05) is 6.07 Å². The minimum absolute atomic E-state index is 0. The van der Waals surface area contributed by atoms with Gasteiger partial charge in [-0.3, -0.25) is 9.25 Å². The van der Waals surface area contributed by atoms with Crippen LogP contribution in [0.5, 0.6) is 0 Å². The van der Waals surface area contributed by atoms with Crippen LogP contribution in [0.1, 0.15) is 25.0 Å². The molecule has 0 bridgehead atoms. The van der Waals surface area contributed by atoms with E-state index in [-0.39, 0.29) is 24.0 Å². The average molecular weight is 510 g/mol. The normalized spacial score (nSPS) is 13.4. The Hall–Kier alpha value is -2.47. The van der Waals surface area contributed by atoms with Crippen LogP contribution < -0.4 is 10.6 Å². The second kappa shape index (κ2) is 10.3. The molecular formula is C19H27IN8O. The number of guanidine groups is 1. The Bertz CT molecular complexity index is 903. The van der Waals surface area contributed by atoms with Crippen LogP contribution in [0.15, 0.2) is 54.4 Å². The molecule has 0 saturated heterocycles. The Kier molecular flexibility index (Phi) is 8.14. The van der Waals surface area contributed by atoms with Crippen molar-refractivity contribution in [1.82, 2.24) is 34.9 Å². The first-order valence-corrected chi connectivity index (χ1v) is 9.15. The van der Waals surface area contributed by atoms with Crippen molar-refractivity contribution in [3.8, 4) is 5.82 Å². The van der Waals surface area contributed by atoms with Crippen LogP contribution in [0, 0.1) is 0 Å². The van der Waals surface area contributed by atoms with Gasteiger partial charge in [0.1, 0.15) is 17.7 Å². The predicted octanol–water partition coefficient (Wildman–Crippen LogP) is 1.58. The number of halogens is 1. The minimum atomic E-state index is -1.06. The third-order valence-corrected chi connectivity index (χ3v) is 4.27. The minimum Gasteiger partial charge on any atom is -0.383 e. The molecule has 29 heavy (non-hydrogen) atoms. The first-order valence-electron chi connectivity index (χ1n) is 9.15. The van der Waals surface area contributed by atoms with Crippen LogP contribution in [0.4, 0.5) is 0 Å². The zero-order valence-corrected chi connectivity index (χ0v) is 19.1. The number of aliphatic imine (C=N–C) groups is 1. The number of nitrogens with zero attached hydrogens (tertiary/aromatic N) is 6. The second-order valence-corrected chi connectivity index (χ2v) is 6.72. The van der Waals surface area contributed by atoms with E-state index in [0.29, 0.717) is 19.0 Å². The highest BCUT2D eigenvalue weighted by molar-refractivity contribution is 14.0. The van der Waals surface area contributed by atoms with Gasteiger partial charge in [0.15, 0.2) is 5.96 Å². The Morgan fingerprint density at radius 2 is 2.10 bits per heavy atom. The van der Waals surface area contributed by atoms with E-state index in [9.17, 15) is 5.11 Å². The molecule has 0 aliphatic rings. The van der Waals surface area contributed by atoms with Crippen molar-refractivity contribution < 1.29 is 5.11 Å². The van der Waals surface area contributed by atoms with Crippen molar-refractivity contribution in [2.45, 2.75) is 26.0 Å². The lowest BCUT2D eigenvalue weighted by molar-refractivity contribution is 0.0616. The van der Waals surface area contributed by atoms with Gasteiger partial charge in [0.25, 0.3) is 0 Å². The molecule has 10 heteroatoms. The third-order valence-electron chi connectivity index (χ3n) is 4.27. The molecule has 3 rings (SSSR count). The van der Waals surface area contributed by atoms with Crippen molar-refractivity contribution in [3.63, 3.8) is 0 Å². The van der Waals surface area contributed by atoms with Gasteiger partial charge in [-0.25, -0.2) is 15.0 Å². The summed E-state index contributed by atoms with van der Waals surface area (Å²) < 4.78 is 3.52. The highest BCUT2D eigenvalue weighted by atomic mass is 127. The van der Waals surface area contributed by atoms with Gasteiger partial charge in [0.2, 0.25) is 0 Å². The average Bonchev–Trinajstić information content (AvgIpc) is 3.37. The Labute approximate surface area is 187 Å². The summed E-state index contributed by atoms with van der Waals surface area (Å²) in [5.41, 5.74) is 0.677. The van der Waals surface area contributed by atoms with Crippen molar-refractivity contribution >= 4 is 29.9 Å². The number of nitrogens with one attached hydrogen (secondary N) is 2. The number of rotatable bonds is 7. The maximum Gasteiger partial charge on any atom is 0.191 e. The van der Waals surface area contributed by atoms with E-state index in [1.54, 1.807) is 42.7 Å². The number of aryl methyl sites for hydroxylation is 1. The van der Waals surface area contributed by atoms with Crippen molar-refractivity contribution in [2.75, 3.05) is 13.1 Å². The number of imidazole rings is 1. The van der Waals surface area contributed by atoms with Crippen molar-refractivity contribution in [3.05, 3.63) is 60.6 Å². The molecule has 0 radical (unpaired) electrons. The number of aliphatic hydroxyl groups is 1. The second-order valence-electron chi connectivity index (χ2n) is 6.72. The van der Waals surface area contributed by atoms with Crippen LogP contribution in [0.3, 0.4) is 0 Å². The van der Waals surface area contributed by atoms with Gasteiger partial charge in [0.05, 0.1) is 19.3 Å². The van der Waals surface area contributed by atoms with E-state index in [4.69, 9.17) is 0 Å². The fourth-order valence-corrected chi connectivity index (χ4v) is 2.63. The van der Waals surface area contributed by atoms with Crippen LogP contribution >= 0.6 is 24.0 Å². The highest BCUT2D eigenvalue weighted by Gasteiger charge is 2.24. The summed E-state index contributed by atoms with van der Waals surface area (Å²) in [5, 5.41) is 21.2. The van der Waals surface area contributed by atoms with E-state index in [0.717, 1.165) is 23.5 Å². The molecule has 3 aromatic rings. The van der Waals surface area contributed by atoms with Gasteiger partial charge in [-0.2, -0.15) is 5.10 Å². The van der Waals surface area contributed by atoms with Crippen molar-refractivity contribution in [2.24, 2.45) is 12.0 Å². The van der Waals surface area contributed by atoms with E-state index in [1.165, 1.54) is 0 Å². The number of pyridine rings is 1. The fraction of sp³-hybridized carbons (Fsp3) is 0.368. The largest absolute Gasteiger partial charge is 0.383 e. The maximum absolute atomic E-state index is 10.7. The predicted molar refractivity (Wildman–Crippen MR) is 122 cm³/mol. The standard InChI is InChI=1S/C19H26N8O.HI/c1-4-21-18(24-13-19(2,28)16-11-25-26(3)12-16)23-10-15-5-6-17(22-9-15)27-8-7-20-14-27;/h5-9,11-12,14,28H,4,10,13H2,1-3H3,(H2,21,23,24);1H. The SMILES string of the molecule is CCNC(=NCc1ccc(-n2ccnc2)nc1)NCC(C)(O)c1cnn(C)c1.I. The Morgan fingerprint density at radius 3 is 2.69 bits per heavy atom. The Morgan fingerprint density at radius 1 is 1.28 bits per heavy atom. The molecule has 3 heterocycles. The summed E-state index contributed by atoms with van der Waals surface area (Å²) in [5.74, 6) is 1.44. The molecule has 0 aromatic carbocycles. The number of hydrogen-bond donors (Lipinski definition) is 3. The molecule has 0 saturated carbocycles. The fourth-order valence-electron chi connectivity index (χ4n) is 2.63. The molecule has 1 unspecified atom stereocenters. The Balaban J connectivity index is 0.00000300. The summed E-state index contributed by atoms with van der Waals surface area (Å²) in [6, 6.07) is 3.92. The number of hydrogen-bond acceptors (Lipinski definition) is 5. The molecule has 0 fully saturated rings. The molecule has 0 amide bonds. The van der Waals surface area contributed by atoms with Crippen LogP contribution in [-0.4, -0.2) is 48.5 Å². The number of aromatic nitrogens is 5. The van der Waals surface area contributed by atoms with Gasteiger partial charge >= 0.3 is 0 Å². The summed E-state index contributed by atoms with van der Waals surface area (Å²) in [7, 11) is 1.82. The highest BCUT2D eigenvalue weighted by Crippen LogP contribution is 2.18. The molecule has 3 N–H and O–H groups in total. The summed E-state index contributed by atoms with van der Waals surface area (Å²) in [6.07, 6.45) is 10.5. The quantitative estimate of drug-likeness (QED) is 0.253. The van der Waals surface area contributed by atoms with Crippen LogP contribution in [0.2, 0.25) is 0 Å². The van der Waals surface area contributed by atoms with E-state index in [1.807, 2.05) is 36.9 Å². The van der Waals surface area contributed by atoms with E-state index in [2.05, 4.69) is 30.7 Å². The molecule has 1 atom stereocenters. The lowest BCUT2D eigenvalue weighted by Gasteiger charge is -2.23. The van der Waals surface area contributed by atoms with E-state index < -0.39 is 5.60 Å². The smallest absolute Gasteiger partial charge is 0.191 e. The van der Waals surface area contributed by atoms with Gasteiger partial charge < -0.3 is 15.7 Å². The zero-order valence-electron chi connectivity index (χ0n) is 16.8. The summed E-state index contributed by atoms with van der Waals surface area (Å²) in [6.45, 7) is 5.25. The molecular weight excluding hydrogens is 483 g/mol. The molecule has 3 aromatic heterocycles. The van der Waals surface area contributed by atoms with Gasteiger partial charge in [-0.05, 0) is 25.5 Å². The van der Waals surface area contributed by atoms with Crippen LogP contribution in [-0.2, 0) is 19.2 Å². The lowest BCUT2D eigenvalue weighted by Crippen LogP contribution is -2.44. The first kappa shape index (κ1) is 22.8.